The molecule has 0 saturated carbocycles. The second kappa shape index (κ2) is 6.82. The van der Waals surface area contributed by atoms with Crippen LogP contribution in [0.1, 0.15) is 55.5 Å². The second-order valence-electron chi connectivity index (χ2n) is 7.96. The molecular formula is C19H25BN2O5S. The van der Waals surface area contributed by atoms with E-state index < -0.39 is 24.2 Å². The zero-order valence-electron chi connectivity index (χ0n) is 17.2. The minimum Gasteiger partial charge on any atom is -0.452 e. The summed E-state index contributed by atoms with van der Waals surface area (Å²) < 4.78 is 19.7. The molecule has 0 unspecified atom stereocenters. The lowest BCUT2D eigenvalue weighted by Gasteiger charge is -2.32. The number of furan rings is 1. The summed E-state index contributed by atoms with van der Waals surface area (Å²) in [6.07, 6.45) is 0. The predicted molar refractivity (Wildman–Crippen MR) is 113 cm³/mol. The lowest BCUT2D eigenvalue weighted by Crippen LogP contribution is -2.41. The van der Waals surface area contributed by atoms with Crippen molar-refractivity contribution in [1.29, 1.82) is 0 Å². The lowest BCUT2D eigenvalue weighted by atomic mass is 9.77. The van der Waals surface area contributed by atoms with Crippen molar-refractivity contribution in [1.82, 2.24) is 5.32 Å². The number of Topliss-reactive ketones (excluding diaryl/α,β-unsaturated/α-hetero) is 1. The van der Waals surface area contributed by atoms with Crippen LogP contribution >= 0.6 is 12.8 Å². The third-order valence-corrected chi connectivity index (χ3v) is 5.68. The number of nitrogens with one attached hydrogen (secondary N) is 1. The van der Waals surface area contributed by atoms with Crippen molar-refractivity contribution in [2.75, 3.05) is 18.4 Å². The molecule has 9 heteroatoms. The first-order valence-corrected chi connectivity index (χ1v) is 9.41. The SMILES string of the molecule is CNC(=O)c1c(C(C)=O)oc2cc(N(C)S)c(B3OC(C)(C)C(C)(C)O3)cc12. The normalized spacial score (nSPS) is 17.8. The molecule has 1 aromatic heterocycles. The predicted octanol–water partition coefficient (Wildman–Crippen LogP) is 2.58. The molecule has 1 aliphatic rings. The molecule has 1 amide bonds. The molecule has 1 fully saturated rings. The second-order valence-corrected chi connectivity index (χ2v) is 8.56. The Hall–Kier alpha value is -1.97. The van der Waals surface area contributed by atoms with Gasteiger partial charge in [-0.2, -0.15) is 0 Å². The maximum atomic E-state index is 12.5. The van der Waals surface area contributed by atoms with Gasteiger partial charge in [-0.3, -0.25) is 9.59 Å². The fourth-order valence-corrected chi connectivity index (χ4v) is 3.36. The van der Waals surface area contributed by atoms with Gasteiger partial charge in [0, 0.05) is 43.6 Å². The van der Waals surface area contributed by atoms with Crippen molar-refractivity contribution in [3.63, 3.8) is 0 Å². The van der Waals surface area contributed by atoms with Crippen LogP contribution in [0.4, 0.5) is 5.69 Å². The highest BCUT2D eigenvalue weighted by molar-refractivity contribution is 7.81. The summed E-state index contributed by atoms with van der Waals surface area (Å²) in [5.74, 6) is -0.697. The van der Waals surface area contributed by atoms with E-state index in [4.69, 9.17) is 13.7 Å². The first kappa shape index (κ1) is 20.8. The van der Waals surface area contributed by atoms with E-state index in [1.165, 1.54) is 14.0 Å². The molecule has 0 atom stereocenters. The number of hydrogen-bond donors (Lipinski definition) is 2. The summed E-state index contributed by atoms with van der Waals surface area (Å²) in [7, 11) is 2.62. The number of thiol groups is 1. The van der Waals surface area contributed by atoms with Gasteiger partial charge in [0.05, 0.1) is 16.8 Å². The summed E-state index contributed by atoms with van der Waals surface area (Å²) in [4.78, 5) is 24.5. The van der Waals surface area contributed by atoms with Crippen LogP contribution in [-0.2, 0) is 9.31 Å². The van der Waals surface area contributed by atoms with Gasteiger partial charge in [-0.25, -0.2) is 0 Å². The quantitative estimate of drug-likeness (QED) is 0.463. The van der Waals surface area contributed by atoms with E-state index in [2.05, 4.69) is 18.1 Å². The van der Waals surface area contributed by atoms with Crippen LogP contribution in [0.15, 0.2) is 16.5 Å². The maximum absolute atomic E-state index is 12.5. The molecule has 28 heavy (non-hydrogen) atoms. The van der Waals surface area contributed by atoms with Gasteiger partial charge in [0.15, 0.2) is 11.5 Å². The van der Waals surface area contributed by atoms with E-state index in [1.807, 2.05) is 27.7 Å². The van der Waals surface area contributed by atoms with Crippen molar-refractivity contribution in [2.24, 2.45) is 0 Å². The number of ketones is 1. The van der Waals surface area contributed by atoms with E-state index in [-0.39, 0.29) is 17.1 Å². The molecule has 1 aromatic carbocycles. The third kappa shape index (κ3) is 3.21. The number of carbonyl (C=O) groups excluding carboxylic acids is 2. The molecule has 0 radical (unpaired) electrons. The Morgan fingerprint density at radius 3 is 2.18 bits per heavy atom. The van der Waals surface area contributed by atoms with Gasteiger partial charge in [-0.1, -0.05) is 12.8 Å². The van der Waals surface area contributed by atoms with Gasteiger partial charge in [0.25, 0.3) is 5.91 Å². The Kier molecular flexibility index (Phi) is 5.06. The molecule has 1 aliphatic heterocycles. The first-order chi connectivity index (χ1) is 12.9. The third-order valence-electron chi connectivity index (χ3n) is 5.47. The topological polar surface area (TPSA) is 81.0 Å². The van der Waals surface area contributed by atoms with Crippen LogP contribution in [0, 0.1) is 0 Å². The van der Waals surface area contributed by atoms with E-state index in [0.29, 0.717) is 22.1 Å². The summed E-state index contributed by atoms with van der Waals surface area (Å²) in [6, 6.07) is 3.52. The molecule has 3 rings (SSSR count). The summed E-state index contributed by atoms with van der Waals surface area (Å²) in [6.45, 7) is 9.24. The number of hydrogen-bond acceptors (Lipinski definition) is 7. The number of carbonyl (C=O) groups is 2. The van der Waals surface area contributed by atoms with Crippen LogP contribution in [-0.4, -0.2) is 44.1 Å². The zero-order valence-corrected chi connectivity index (χ0v) is 18.1. The number of rotatable bonds is 4. The Bertz CT molecular complexity index is 951. The van der Waals surface area contributed by atoms with Crippen LogP contribution in [0.2, 0.25) is 0 Å². The van der Waals surface area contributed by atoms with Gasteiger partial charge in [0.2, 0.25) is 0 Å². The van der Waals surface area contributed by atoms with E-state index in [1.54, 1.807) is 23.5 Å². The molecule has 1 N–H and O–H groups in total. The minimum absolute atomic E-state index is 0.0215. The zero-order chi connectivity index (χ0) is 21.0. The van der Waals surface area contributed by atoms with Crippen LogP contribution < -0.4 is 15.1 Å². The molecule has 150 valence electrons. The largest absolute Gasteiger partial charge is 0.497 e. The minimum atomic E-state index is -0.660. The fraction of sp³-hybridized carbons (Fsp3) is 0.474. The van der Waals surface area contributed by atoms with Gasteiger partial charge < -0.3 is 23.3 Å². The summed E-state index contributed by atoms with van der Waals surface area (Å²) >= 11 is 4.43. The molecule has 0 bridgehead atoms. The fourth-order valence-electron chi connectivity index (χ4n) is 3.19. The number of amides is 1. The van der Waals surface area contributed by atoms with E-state index in [9.17, 15) is 9.59 Å². The maximum Gasteiger partial charge on any atom is 0.497 e. The lowest BCUT2D eigenvalue weighted by molar-refractivity contribution is 0.00578. The Morgan fingerprint density at radius 2 is 1.71 bits per heavy atom. The van der Waals surface area contributed by atoms with E-state index >= 15 is 0 Å². The van der Waals surface area contributed by atoms with Crippen molar-refractivity contribution >= 4 is 53.7 Å². The van der Waals surface area contributed by atoms with Crippen LogP contribution in [0.25, 0.3) is 11.0 Å². The Balaban J connectivity index is 2.26. The smallest absolute Gasteiger partial charge is 0.452 e. The molecule has 2 aromatic rings. The Morgan fingerprint density at radius 1 is 1.14 bits per heavy atom. The first-order valence-electron chi connectivity index (χ1n) is 9.01. The van der Waals surface area contributed by atoms with Gasteiger partial charge in [-0.05, 0) is 33.8 Å². The van der Waals surface area contributed by atoms with Gasteiger partial charge in [-0.15, -0.1) is 0 Å². The van der Waals surface area contributed by atoms with Crippen LogP contribution in [0.5, 0.6) is 0 Å². The summed E-state index contributed by atoms with van der Waals surface area (Å²) in [5, 5.41) is 3.09. The van der Waals surface area contributed by atoms with Gasteiger partial charge in [0.1, 0.15) is 5.58 Å². The molecule has 2 heterocycles. The average molecular weight is 404 g/mol. The van der Waals surface area contributed by atoms with E-state index in [0.717, 1.165) is 0 Å². The number of fused-ring (bicyclic) bond motifs is 1. The van der Waals surface area contributed by atoms with Crippen molar-refractivity contribution in [3.05, 3.63) is 23.5 Å². The highest BCUT2D eigenvalue weighted by Gasteiger charge is 2.52. The molecule has 7 nitrogen and oxygen atoms in total. The molecular weight excluding hydrogens is 379 g/mol. The number of benzene rings is 1. The molecule has 1 saturated heterocycles. The number of anilines is 1. The van der Waals surface area contributed by atoms with Crippen LogP contribution in [0.3, 0.4) is 0 Å². The highest BCUT2D eigenvalue weighted by atomic mass is 32.1. The molecule has 0 aliphatic carbocycles. The van der Waals surface area contributed by atoms with Crippen molar-refractivity contribution in [2.45, 2.75) is 45.8 Å². The molecule has 0 spiro atoms. The average Bonchev–Trinajstić information content (AvgIpc) is 3.07. The van der Waals surface area contributed by atoms with Crippen molar-refractivity contribution < 1.29 is 23.3 Å². The van der Waals surface area contributed by atoms with Gasteiger partial charge >= 0.3 is 7.12 Å². The number of nitrogens with zero attached hydrogens (tertiary/aromatic N) is 1. The highest BCUT2D eigenvalue weighted by Crippen LogP contribution is 2.38. The standard InChI is InChI=1S/C19H25BN2O5S/c1-10(23)16-15(17(24)21-6)11-8-12(13(22(7)28)9-14(11)25-16)20-26-18(2,3)19(4,5)27-20/h8-9,28H,1-7H3,(H,21,24). The van der Waals surface area contributed by atoms with Crippen molar-refractivity contribution in [3.8, 4) is 0 Å². The Labute approximate surface area is 170 Å². The summed E-state index contributed by atoms with van der Waals surface area (Å²) in [5.41, 5.74) is 0.968. The monoisotopic (exact) mass is 404 g/mol.